The number of sulfonamides is 1. The zero-order valence-corrected chi connectivity index (χ0v) is 24.3. The molecule has 41 heavy (non-hydrogen) atoms. The van der Waals surface area contributed by atoms with Gasteiger partial charge in [0.15, 0.2) is 0 Å². The third-order valence-corrected chi connectivity index (χ3v) is 9.25. The summed E-state index contributed by atoms with van der Waals surface area (Å²) in [5.74, 6) is -0.818. The Bertz CT molecular complexity index is 1390. The van der Waals surface area contributed by atoms with E-state index in [-0.39, 0.29) is 35.5 Å². The van der Waals surface area contributed by atoms with Gasteiger partial charge in [-0.05, 0) is 66.6 Å². The molecule has 9 heteroatoms. The minimum Gasteiger partial charge on any atom is -0.354 e. The molecule has 1 unspecified atom stereocenters. The monoisotopic (exact) mass is 579 g/mol. The van der Waals surface area contributed by atoms with Crippen molar-refractivity contribution in [1.29, 1.82) is 0 Å². The summed E-state index contributed by atoms with van der Waals surface area (Å²) in [5.41, 5.74) is 2.48. The molecule has 1 fully saturated rings. The molecule has 0 bridgehead atoms. The average molecular weight is 580 g/mol. The van der Waals surface area contributed by atoms with Crippen molar-refractivity contribution >= 4 is 21.8 Å². The van der Waals surface area contributed by atoms with E-state index in [9.17, 15) is 22.4 Å². The molecule has 1 N–H and O–H groups in total. The zero-order valence-electron chi connectivity index (χ0n) is 23.5. The number of carbonyl (C=O) groups excluding carboxylic acids is 2. The van der Waals surface area contributed by atoms with E-state index < -0.39 is 16.1 Å². The Hall–Kier alpha value is -3.56. The number of hydrogen-bond acceptors (Lipinski definition) is 4. The number of carbonyl (C=O) groups is 2. The van der Waals surface area contributed by atoms with Crippen LogP contribution in [-0.4, -0.2) is 55.1 Å². The lowest BCUT2D eigenvalue weighted by molar-refractivity contribution is -0.141. The van der Waals surface area contributed by atoms with Crippen LogP contribution in [0.5, 0.6) is 0 Å². The minimum absolute atomic E-state index is 0.131. The van der Waals surface area contributed by atoms with Crippen molar-refractivity contribution in [2.75, 3.05) is 19.6 Å². The van der Waals surface area contributed by atoms with Gasteiger partial charge in [0.1, 0.15) is 11.9 Å². The van der Waals surface area contributed by atoms with E-state index in [1.165, 1.54) is 16.4 Å². The maximum atomic E-state index is 13.8. The van der Waals surface area contributed by atoms with Gasteiger partial charge >= 0.3 is 0 Å². The first-order valence-corrected chi connectivity index (χ1v) is 15.7. The number of aryl methyl sites for hydroxylation is 1. The maximum absolute atomic E-state index is 13.8. The zero-order chi connectivity index (χ0) is 29.2. The van der Waals surface area contributed by atoms with Crippen molar-refractivity contribution in [1.82, 2.24) is 14.5 Å². The standard InChI is InChI=1S/C32H38FN3O4S/c1-2-20-34-32(38)30(23-26-8-4-3-5-9-26)36(24-27-10-15-28(33)16-11-27)31(37)19-14-25-12-17-29(18-13-25)41(39,40)35-21-6-7-22-35/h3-5,8-13,15-18,30H,2,6-7,14,19-24H2,1H3,(H,34,38). The van der Waals surface area contributed by atoms with Crippen LogP contribution in [0.1, 0.15) is 49.3 Å². The molecule has 3 aromatic carbocycles. The van der Waals surface area contributed by atoms with Gasteiger partial charge in [-0.15, -0.1) is 0 Å². The van der Waals surface area contributed by atoms with Crippen LogP contribution in [0.2, 0.25) is 0 Å². The second-order valence-corrected chi connectivity index (χ2v) is 12.3. The highest BCUT2D eigenvalue weighted by atomic mass is 32.2. The van der Waals surface area contributed by atoms with Gasteiger partial charge in [-0.25, -0.2) is 12.8 Å². The van der Waals surface area contributed by atoms with Crippen LogP contribution >= 0.6 is 0 Å². The first-order valence-electron chi connectivity index (χ1n) is 14.2. The molecule has 0 aliphatic carbocycles. The molecule has 1 heterocycles. The summed E-state index contributed by atoms with van der Waals surface area (Å²) >= 11 is 0. The van der Waals surface area contributed by atoms with Crippen LogP contribution in [0, 0.1) is 5.82 Å². The van der Waals surface area contributed by atoms with Crippen LogP contribution in [0.4, 0.5) is 4.39 Å². The Morgan fingerprint density at radius 2 is 1.54 bits per heavy atom. The Morgan fingerprint density at radius 1 is 0.902 bits per heavy atom. The van der Waals surface area contributed by atoms with Crippen LogP contribution in [0.3, 0.4) is 0 Å². The van der Waals surface area contributed by atoms with Crippen LogP contribution in [0.15, 0.2) is 83.8 Å². The maximum Gasteiger partial charge on any atom is 0.243 e. The van der Waals surface area contributed by atoms with E-state index in [2.05, 4.69) is 5.32 Å². The summed E-state index contributed by atoms with van der Waals surface area (Å²) in [4.78, 5) is 29.0. The fraction of sp³-hybridized carbons (Fsp3) is 0.375. The second kappa shape index (κ2) is 14.4. The number of rotatable bonds is 13. The predicted octanol–water partition coefficient (Wildman–Crippen LogP) is 4.71. The van der Waals surface area contributed by atoms with Gasteiger partial charge < -0.3 is 10.2 Å². The number of halogens is 1. The van der Waals surface area contributed by atoms with Crippen LogP contribution in [0.25, 0.3) is 0 Å². The fourth-order valence-electron chi connectivity index (χ4n) is 5.01. The molecule has 4 rings (SSSR count). The van der Waals surface area contributed by atoms with E-state index in [4.69, 9.17) is 0 Å². The molecule has 0 aromatic heterocycles. The third kappa shape index (κ3) is 8.24. The molecule has 2 amide bonds. The molecule has 0 spiro atoms. The molecular weight excluding hydrogens is 541 g/mol. The molecule has 3 aromatic rings. The van der Waals surface area contributed by atoms with Gasteiger partial charge in [0.25, 0.3) is 0 Å². The largest absolute Gasteiger partial charge is 0.354 e. The minimum atomic E-state index is -3.51. The lowest BCUT2D eigenvalue weighted by Crippen LogP contribution is -2.50. The Kier molecular flexibility index (Phi) is 10.7. The quantitative estimate of drug-likeness (QED) is 0.318. The molecule has 0 saturated carbocycles. The number of nitrogens with zero attached hydrogens (tertiary/aromatic N) is 2. The van der Waals surface area contributed by atoms with E-state index in [0.717, 1.165) is 36.0 Å². The first kappa shape index (κ1) is 30.4. The van der Waals surface area contributed by atoms with Crippen LogP contribution < -0.4 is 5.32 Å². The van der Waals surface area contributed by atoms with E-state index >= 15 is 0 Å². The normalized spacial score (nSPS) is 14.5. The Labute approximate surface area is 242 Å². The molecule has 1 aliphatic heterocycles. The SMILES string of the molecule is CCCNC(=O)C(Cc1ccccc1)N(Cc1ccc(F)cc1)C(=O)CCc1ccc(S(=O)(=O)N2CCCC2)cc1. The topological polar surface area (TPSA) is 86.8 Å². The molecule has 7 nitrogen and oxygen atoms in total. The Balaban J connectivity index is 1.54. The molecule has 1 aliphatic rings. The van der Waals surface area contributed by atoms with Gasteiger partial charge in [0.05, 0.1) is 4.90 Å². The van der Waals surface area contributed by atoms with Gasteiger partial charge in [-0.3, -0.25) is 9.59 Å². The second-order valence-electron chi connectivity index (χ2n) is 10.4. The van der Waals surface area contributed by atoms with Crippen LogP contribution in [-0.2, 0) is 39.0 Å². The van der Waals surface area contributed by atoms with Gasteiger partial charge in [-0.2, -0.15) is 4.31 Å². The fourth-order valence-corrected chi connectivity index (χ4v) is 6.52. The van der Waals surface area contributed by atoms with Crippen molar-refractivity contribution < 1.29 is 22.4 Å². The van der Waals surface area contributed by atoms with Crippen molar-refractivity contribution in [2.45, 2.75) is 62.9 Å². The van der Waals surface area contributed by atoms with E-state index in [1.807, 2.05) is 37.3 Å². The van der Waals surface area contributed by atoms with Crippen molar-refractivity contribution in [3.8, 4) is 0 Å². The first-order chi connectivity index (χ1) is 19.8. The number of amides is 2. The number of nitrogens with one attached hydrogen (secondary N) is 1. The highest BCUT2D eigenvalue weighted by Gasteiger charge is 2.30. The molecule has 218 valence electrons. The molecular formula is C32H38FN3O4S. The lowest BCUT2D eigenvalue weighted by Gasteiger charge is -2.31. The molecule has 0 radical (unpaired) electrons. The highest BCUT2D eigenvalue weighted by molar-refractivity contribution is 7.89. The average Bonchev–Trinajstić information content (AvgIpc) is 3.54. The Morgan fingerprint density at radius 3 is 2.17 bits per heavy atom. The summed E-state index contributed by atoms with van der Waals surface area (Å²) in [5, 5.41) is 2.95. The van der Waals surface area contributed by atoms with Crippen molar-refractivity contribution in [3.05, 3.63) is 101 Å². The summed E-state index contributed by atoms with van der Waals surface area (Å²) < 4.78 is 40.8. The molecule has 1 saturated heterocycles. The van der Waals surface area contributed by atoms with Gasteiger partial charge in [0, 0.05) is 39.0 Å². The summed E-state index contributed by atoms with van der Waals surface area (Å²) in [6, 6.07) is 21.4. The smallest absolute Gasteiger partial charge is 0.243 e. The predicted molar refractivity (Wildman–Crippen MR) is 157 cm³/mol. The van der Waals surface area contributed by atoms with Gasteiger partial charge in [0.2, 0.25) is 21.8 Å². The number of benzene rings is 3. The molecule has 1 atom stereocenters. The summed E-state index contributed by atoms with van der Waals surface area (Å²) in [6.07, 6.45) is 3.36. The summed E-state index contributed by atoms with van der Waals surface area (Å²) in [6.45, 7) is 3.70. The van der Waals surface area contributed by atoms with E-state index in [0.29, 0.717) is 32.5 Å². The van der Waals surface area contributed by atoms with Gasteiger partial charge in [-0.1, -0.05) is 61.5 Å². The van der Waals surface area contributed by atoms with E-state index in [1.54, 1.807) is 41.3 Å². The van der Waals surface area contributed by atoms with Crippen molar-refractivity contribution in [3.63, 3.8) is 0 Å². The highest BCUT2D eigenvalue weighted by Crippen LogP contribution is 2.22. The third-order valence-electron chi connectivity index (χ3n) is 7.34. The number of hydrogen-bond donors (Lipinski definition) is 1. The summed E-state index contributed by atoms with van der Waals surface area (Å²) in [7, 11) is -3.51. The lowest BCUT2D eigenvalue weighted by atomic mass is 10.0. The van der Waals surface area contributed by atoms with Crippen molar-refractivity contribution in [2.24, 2.45) is 0 Å².